The molecule has 94 valence electrons. The Bertz CT molecular complexity index is 551. The maximum absolute atomic E-state index is 11.6. The molecular formula is C13H12O5. The third-order valence-electron chi connectivity index (χ3n) is 4.05. The molecule has 5 heteroatoms. The molecule has 0 bridgehead atoms. The summed E-state index contributed by atoms with van der Waals surface area (Å²) >= 11 is 0. The fourth-order valence-electron chi connectivity index (χ4n) is 3.08. The van der Waals surface area contributed by atoms with Gasteiger partial charge < -0.3 is 19.3 Å². The standard InChI is InChI=1S/C13H12O5/c14-11-8-2-7-4-16-13(15)9(7)1-6(8)3-10-12(11)18-5-17-10/h3,7,9,14H,1-2,4-5H2. The normalized spacial score (nSPS) is 27.7. The first-order valence-corrected chi connectivity index (χ1v) is 6.04. The van der Waals surface area contributed by atoms with Crippen molar-refractivity contribution in [2.45, 2.75) is 12.8 Å². The predicted octanol–water partition coefficient (Wildman–Crippen LogP) is 1.01. The summed E-state index contributed by atoms with van der Waals surface area (Å²) in [5, 5.41) is 10.2. The van der Waals surface area contributed by atoms with Gasteiger partial charge in [-0.1, -0.05) is 0 Å². The van der Waals surface area contributed by atoms with E-state index in [2.05, 4.69) is 0 Å². The molecule has 1 N–H and O–H groups in total. The Kier molecular flexibility index (Phi) is 1.85. The van der Waals surface area contributed by atoms with E-state index in [1.165, 1.54) is 0 Å². The van der Waals surface area contributed by atoms with Crippen LogP contribution in [0.4, 0.5) is 0 Å². The second-order valence-electron chi connectivity index (χ2n) is 5.00. The van der Waals surface area contributed by atoms with Crippen LogP contribution in [0.15, 0.2) is 6.07 Å². The largest absolute Gasteiger partial charge is 0.504 e. The number of carbonyl (C=O) groups excluding carboxylic acids is 1. The molecule has 0 aromatic heterocycles. The molecule has 18 heavy (non-hydrogen) atoms. The summed E-state index contributed by atoms with van der Waals surface area (Å²) in [6.45, 7) is 0.595. The highest BCUT2D eigenvalue weighted by Gasteiger charge is 2.42. The monoisotopic (exact) mass is 248 g/mol. The summed E-state index contributed by atoms with van der Waals surface area (Å²) in [5.41, 5.74) is 1.84. The first kappa shape index (κ1) is 10.1. The molecule has 1 aromatic rings. The summed E-state index contributed by atoms with van der Waals surface area (Å²) in [6.07, 6.45) is 1.28. The minimum atomic E-state index is -0.122. The van der Waals surface area contributed by atoms with Gasteiger partial charge in [0.1, 0.15) is 0 Å². The van der Waals surface area contributed by atoms with Crippen LogP contribution in [0.5, 0.6) is 17.2 Å². The van der Waals surface area contributed by atoms with E-state index >= 15 is 0 Å². The van der Waals surface area contributed by atoms with E-state index in [-0.39, 0.29) is 30.3 Å². The summed E-state index contributed by atoms with van der Waals surface area (Å²) in [4.78, 5) is 11.6. The first-order chi connectivity index (χ1) is 8.74. The molecule has 0 amide bonds. The van der Waals surface area contributed by atoms with Gasteiger partial charge in [0.25, 0.3) is 0 Å². The quantitative estimate of drug-likeness (QED) is 0.694. The van der Waals surface area contributed by atoms with Gasteiger partial charge in [0, 0.05) is 11.5 Å². The number of esters is 1. The Morgan fingerprint density at radius 2 is 2.11 bits per heavy atom. The number of hydrogen-bond acceptors (Lipinski definition) is 5. The van der Waals surface area contributed by atoms with Crippen molar-refractivity contribution < 1.29 is 24.1 Å². The zero-order valence-electron chi connectivity index (χ0n) is 9.64. The van der Waals surface area contributed by atoms with Crippen LogP contribution in [0.3, 0.4) is 0 Å². The van der Waals surface area contributed by atoms with Crippen LogP contribution >= 0.6 is 0 Å². The van der Waals surface area contributed by atoms with E-state index in [0.29, 0.717) is 30.9 Å². The number of rotatable bonds is 0. The average molecular weight is 248 g/mol. The van der Waals surface area contributed by atoms with E-state index in [4.69, 9.17) is 14.2 Å². The summed E-state index contributed by atoms with van der Waals surface area (Å²) in [5.74, 6) is 1.14. The SMILES string of the molecule is O=C1OCC2Cc3c(cc4c(c3O)OCO4)CC12. The topological polar surface area (TPSA) is 65.0 Å². The second-order valence-corrected chi connectivity index (χ2v) is 5.00. The number of benzene rings is 1. The van der Waals surface area contributed by atoms with Gasteiger partial charge in [0.05, 0.1) is 12.5 Å². The van der Waals surface area contributed by atoms with Gasteiger partial charge in [-0.3, -0.25) is 4.79 Å². The fourth-order valence-corrected chi connectivity index (χ4v) is 3.08. The molecule has 2 heterocycles. The van der Waals surface area contributed by atoms with Gasteiger partial charge >= 0.3 is 5.97 Å². The van der Waals surface area contributed by atoms with Crippen molar-refractivity contribution in [2.24, 2.45) is 11.8 Å². The van der Waals surface area contributed by atoms with Gasteiger partial charge in [-0.05, 0) is 24.5 Å². The molecule has 0 spiro atoms. The molecule has 5 nitrogen and oxygen atoms in total. The number of hydrogen-bond donors (Lipinski definition) is 1. The molecule has 0 radical (unpaired) electrons. The van der Waals surface area contributed by atoms with Crippen molar-refractivity contribution in [1.82, 2.24) is 0 Å². The minimum absolute atomic E-state index is 0.0720. The maximum atomic E-state index is 11.6. The molecule has 4 rings (SSSR count). The van der Waals surface area contributed by atoms with E-state index in [0.717, 1.165) is 11.1 Å². The van der Waals surface area contributed by atoms with Crippen molar-refractivity contribution in [3.63, 3.8) is 0 Å². The zero-order chi connectivity index (χ0) is 12.3. The lowest BCUT2D eigenvalue weighted by Gasteiger charge is -2.25. The Morgan fingerprint density at radius 3 is 3.00 bits per heavy atom. The number of phenolic OH excluding ortho intramolecular Hbond substituents is 1. The number of aromatic hydroxyl groups is 1. The van der Waals surface area contributed by atoms with Crippen molar-refractivity contribution in [3.8, 4) is 17.2 Å². The molecule has 1 saturated heterocycles. The maximum Gasteiger partial charge on any atom is 0.309 e. The highest BCUT2D eigenvalue weighted by atomic mass is 16.7. The zero-order valence-corrected chi connectivity index (χ0v) is 9.64. The Hall–Kier alpha value is -1.91. The predicted molar refractivity (Wildman–Crippen MR) is 59.6 cm³/mol. The van der Waals surface area contributed by atoms with Crippen molar-refractivity contribution >= 4 is 5.97 Å². The molecule has 0 saturated carbocycles. The van der Waals surface area contributed by atoms with Crippen molar-refractivity contribution in [2.75, 3.05) is 13.4 Å². The lowest BCUT2D eigenvalue weighted by atomic mass is 9.77. The Labute approximate surface area is 103 Å². The first-order valence-electron chi connectivity index (χ1n) is 6.04. The molecule has 3 aliphatic rings. The molecular weight excluding hydrogens is 236 g/mol. The fraction of sp³-hybridized carbons (Fsp3) is 0.462. The van der Waals surface area contributed by atoms with E-state index in [9.17, 15) is 9.90 Å². The number of fused-ring (bicyclic) bond motifs is 3. The van der Waals surface area contributed by atoms with Gasteiger partial charge in [-0.15, -0.1) is 0 Å². The minimum Gasteiger partial charge on any atom is -0.504 e. The molecule has 2 aliphatic heterocycles. The third-order valence-corrected chi connectivity index (χ3v) is 4.05. The Balaban J connectivity index is 1.83. The smallest absolute Gasteiger partial charge is 0.309 e. The molecule has 2 atom stereocenters. The molecule has 1 aliphatic carbocycles. The van der Waals surface area contributed by atoms with E-state index < -0.39 is 0 Å². The highest BCUT2D eigenvalue weighted by molar-refractivity contribution is 5.76. The van der Waals surface area contributed by atoms with Gasteiger partial charge in [0.15, 0.2) is 11.5 Å². The van der Waals surface area contributed by atoms with Crippen LogP contribution in [0.1, 0.15) is 11.1 Å². The van der Waals surface area contributed by atoms with Crippen molar-refractivity contribution in [3.05, 3.63) is 17.2 Å². The van der Waals surface area contributed by atoms with Gasteiger partial charge in [-0.25, -0.2) is 0 Å². The van der Waals surface area contributed by atoms with Gasteiger partial charge in [0.2, 0.25) is 12.5 Å². The van der Waals surface area contributed by atoms with E-state index in [1.54, 1.807) is 0 Å². The van der Waals surface area contributed by atoms with Crippen LogP contribution in [0.2, 0.25) is 0 Å². The lowest BCUT2D eigenvalue weighted by Crippen LogP contribution is -2.26. The number of carbonyl (C=O) groups is 1. The van der Waals surface area contributed by atoms with E-state index in [1.807, 2.05) is 6.07 Å². The summed E-state index contributed by atoms with van der Waals surface area (Å²) < 4.78 is 15.6. The Morgan fingerprint density at radius 1 is 1.22 bits per heavy atom. The van der Waals surface area contributed by atoms with Crippen LogP contribution in [-0.2, 0) is 22.4 Å². The van der Waals surface area contributed by atoms with Crippen LogP contribution in [0, 0.1) is 11.8 Å². The summed E-state index contributed by atoms with van der Waals surface area (Å²) in [6, 6.07) is 1.87. The number of ether oxygens (including phenoxy) is 3. The van der Waals surface area contributed by atoms with Crippen LogP contribution < -0.4 is 9.47 Å². The van der Waals surface area contributed by atoms with Gasteiger partial charge in [-0.2, -0.15) is 0 Å². The average Bonchev–Trinajstić information content (AvgIpc) is 2.96. The third kappa shape index (κ3) is 1.19. The summed E-state index contributed by atoms with van der Waals surface area (Å²) in [7, 11) is 0. The molecule has 1 aromatic carbocycles. The lowest BCUT2D eigenvalue weighted by molar-refractivity contribution is -0.141. The molecule has 1 fully saturated rings. The van der Waals surface area contributed by atoms with Crippen LogP contribution in [0.25, 0.3) is 0 Å². The number of cyclic esters (lactones) is 1. The molecule has 2 unspecified atom stereocenters. The second kappa shape index (κ2) is 3.31. The van der Waals surface area contributed by atoms with Crippen molar-refractivity contribution in [1.29, 1.82) is 0 Å². The number of phenols is 1. The van der Waals surface area contributed by atoms with Crippen LogP contribution in [-0.4, -0.2) is 24.5 Å². The highest BCUT2D eigenvalue weighted by Crippen LogP contribution is 2.48.